The number of anilines is 2. The number of amides is 2. The first-order valence-electron chi connectivity index (χ1n) is 12.8. The second-order valence-corrected chi connectivity index (χ2v) is 10.1. The predicted molar refractivity (Wildman–Crippen MR) is 145 cm³/mol. The fourth-order valence-electron chi connectivity index (χ4n) is 5.98. The Bertz CT molecular complexity index is 1630. The Morgan fingerprint density at radius 3 is 2.66 bits per heavy atom. The predicted octanol–water partition coefficient (Wildman–Crippen LogP) is 5.41. The fourth-order valence-corrected chi connectivity index (χ4v) is 5.98. The maximum Gasteiger partial charge on any atom is 0.256 e. The van der Waals surface area contributed by atoms with Gasteiger partial charge in [0.15, 0.2) is 0 Å². The monoisotopic (exact) mass is 502 g/mol. The van der Waals surface area contributed by atoms with Crippen molar-refractivity contribution < 1.29 is 19.1 Å². The van der Waals surface area contributed by atoms with E-state index in [1.54, 1.807) is 11.0 Å². The topological polar surface area (TPSA) is 67.9 Å². The van der Waals surface area contributed by atoms with Gasteiger partial charge in [-0.3, -0.25) is 9.59 Å². The van der Waals surface area contributed by atoms with Crippen LogP contribution in [-0.2, 0) is 23.2 Å². The third-order valence-electron chi connectivity index (χ3n) is 7.83. The molecule has 2 amide bonds. The number of nitrogens with zero attached hydrogens (tertiary/aromatic N) is 1. The van der Waals surface area contributed by atoms with E-state index in [2.05, 4.69) is 11.4 Å². The lowest BCUT2D eigenvalue weighted by Gasteiger charge is -2.24. The molecule has 3 aliphatic heterocycles. The largest absolute Gasteiger partial charge is 0.493 e. The molecule has 38 heavy (non-hydrogen) atoms. The Morgan fingerprint density at radius 1 is 0.921 bits per heavy atom. The maximum absolute atomic E-state index is 14.4. The summed E-state index contributed by atoms with van der Waals surface area (Å²) in [7, 11) is 0. The number of rotatable bonds is 4. The van der Waals surface area contributed by atoms with E-state index in [0.29, 0.717) is 17.9 Å². The Kier molecular flexibility index (Phi) is 5.05. The molecule has 4 aromatic rings. The van der Waals surface area contributed by atoms with Crippen LogP contribution in [0.25, 0.3) is 0 Å². The first-order valence-corrected chi connectivity index (χ1v) is 12.8. The fraction of sp³-hybridized carbons (Fsp3) is 0.188. The highest BCUT2D eigenvalue weighted by Gasteiger charge is 2.57. The third-order valence-corrected chi connectivity index (χ3v) is 7.83. The zero-order valence-corrected chi connectivity index (χ0v) is 21.0. The molecule has 0 fully saturated rings. The molecule has 1 atom stereocenters. The van der Waals surface area contributed by atoms with E-state index in [4.69, 9.17) is 9.47 Å². The van der Waals surface area contributed by atoms with Crippen LogP contribution in [0, 0.1) is 6.92 Å². The first kappa shape index (κ1) is 22.6. The summed E-state index contributed by atoms with van der Waals surface area (Å²) >= 11 is 0. The lowest BCUT2D eigenvalue weighted by atomic mass is 9.76. The summed E-state index contributed by atoms with van der Waals surface area (Å²) in [5.74, 6) is 1.30. The van der Waals surface area contributed by atoms with Crippen LogP contribution in [0.5, 0.6) is 11.5 Å². The van der Waals surface area contributed by atoms with Crippen LogP contribution in [-0.4, -0.2) is 25.0 Å². The molecule has 6 heteroatoms. The summed E-state index contributed by atoms with van der Waals surface area (Å²) in [4.78, 5) is 29.5. The molecule has 1 N–H and O–H groups in total. The molecule has 6 nitrogen and oxygen atoms in total. The van der Waals surface area contributed by atoms with Gasteiger partial charge in [-0.1, -0.05) is 48.5 Å². The van der Waals surface area contributed by atoms with E-state index in [1.807, 2.05) is 79.7 Å². The van der Waals surface area contributed by atoms with Gasteiger partial charge in [-0.2, -0.15) is 0 Å². The quantitative estimate of drug-likeness (QED) is 0.405. The molecular weight excluding hydrogens is 476 g/mol. The molecular formula is C32H26N2O4. The number of carbonyl (C=O) groups excluding carboxylic acids is 2. The highest BCUT2D eigenvalue weighted by atomic mass is 16.5. The van der Waals surface area contributed by atoms with Crippen molar-refractivity contribution in [3.05, 3.63) is 118 Å². The number of ether oxygens (including phenoxy) is 2. The second kappa shape index (κ2) is 8.48. The molecule has 4 aromatic carbocycles. The van der Waals surface area contributed by atoms with Crippen LogP contribution in [0.4, 0.5) is 11.4 Å². The van der Waals surface area contributed by atoms with E-state index in [1.165, 1.54) is 0 Å². The number of hydrogen-bond acceptors (Lipinski definition) is 4. The average Bonchev–Trinajstić information content (AvgIpc) is 3.60. The van der Waals surface area contributed by atoms with Gasteiger partial charge in [0.05, 0.1) is 13.2 Å². The minimum atomic E-state index is -0.914. The van der Waals surface area contributed by atoms with Crippen molar-refractivity contribution in [2.24, 2.45) is 0 Å². The molecule has 1 spiro atoms. The van der Waals surface area contributed by atoms with Crippen molar-refractivity contribution in [3.63, 3.8) is 0 Å². The molecule has 0 bridgehead atoms. The van der Waals surface area contributed by atoms with Crippen molar-refractivity contribution in [2.75, 3.05) is 23.4 Å². The molecule has 0 saturated carbocycles. The highest BCUT2D eigenvalue weighted by molar-refractivity contribution is 6.12. The summed E-state index contributed by atoms with van der Waals surface area (Å²) in [6.07, 6.45) is 0.821. The molecule has 7 rings (SSSR count). The number of fused-ring (bicyclic) bond motifs is 5. The average molecular weight is 503 g/mol. The number of para-hydroxylation sites is 1. The lowest BCUT2D eigenvalue weighted by molar-refractivity contribution is -0.122. The van der Waals surface area contributed by atoms with Gasteiger partial charge >= 0.3 is 0 Å². The lowest BCUT2D eigenvalue weighted by Crippen LogP contribution is -2.42. The summed E-state index contributed by atoms with van der Waals surface area (Å²) < 4.78 is 11.9. The van der Waals surface area contributed by atoms with Crippen molar-refractivity contribution in [2.45, 2.75) is 25.3 Å². The summed E-state index contributed by atoms with van der Waals surface area (Å²) in [6, 6.07) is 27.1. The van der Waals surface area contributed by atoms with Crippen LogP contribution in [0.2, 0.25) is 0 Å². The number of hydrogen-bond donors (Lipinski definition) is 1. The molecule has 0 aromatic heterocycles. The van der Waals surface area contributed by atoms with Crippen LogP contribution in [0.1, 0.15) is 38.2 Å². The minimum absolute atomic E-state index is 0.0368. The van der Waals surface area contributed by atoms with E-state index in [-0.39, 0.29) is 25.0 Å². The molecule has 0 radical (unpaired) electrons. The zero-order chi connectivity index (χ0) is 25.9. The SMILES string of the molecule is Cc1cccc(NC(=O)c2ccccc2CN2C(=O)C3(COc4cc5c(cc43)CCO5)c3ccccc32)c1. The molecule has 3 heterocycles. The Hall–Kier alpha value is -4.58. The van der Waals surface area contributed by atoms with Crippen molar-refractivity contribution >= 4 is 23.2 Å². The van der Waals surface area contributed by atoms with E-state index in [0.717, 1.165) is 51.4 Å². The Balaban J connectivity index is 1.26. The highest BCUT2D eigenvalue weighted by Crippen LogP contribution is 2.54. The molecule has 188 valence electrons. The van der Waals surface area contributed by atoms with Crippen LogP contribution in [0.3, 0.4) is 0 Å². The van der Waals surface area contributed by atoms with E-state index in [9.17, 15) is 9.59 Å². The van der Waals surface area contributed by atoms with Gasteiger partial charge in [-0.15, -0.1) is 0 Å². The van der Waals surface area contributed by atoms with E-state index >= 15 is 0 Å². The summed E-state index contributed by atoms with van der Waals surface area (Å²) in [6.45, 7) is 3.15. The summed E-state index contributed by atoms with van der Waals surface area (Å²) in [5.41, 5.74) is 5.99. The number of aryl methyl sites for hydroxylation is 1. The van der Waals surface area contributed by atoms with Gasteiger partial charge in [0.2, 0.25) is 5.91 Å². The van der Waals surface area contributed by atoms with Crippen molar-refractivity contribution in [1.82, 2.24) is 0 Å². The van der Waals surface area contributed by atoms with Gasteiger partial charge in [0, 0.05) is 35.0 Å². The van der Waals surface area contributed by atoms with Gasteiger partial charge in [0.25, 0.3) is 5.91 Å². The van der Waals surface area contributed by atoms with Crippen LogP contribution >= 0.6 is 0 Å². The van der Waals surface area contributed by atoms with Crippen molar-refractivity contribution in [3.8, 4) is 11.5 Å². The number of carbonyl (C=O) groups is 2. The van der Waals surface area contributed by atoms with Crippen molar-refractivity contribution in [1.29, 1.82) is 0 Å². The minimum Gasteiger partial charge on any atom is -0.493 e. The zero-order valence-electron chi connectivity index (χ0n) is 21.0. The van der Waals surface area contributed by atoms with Crippen LogP contribution < -0.4 is 19.7 Å². The second-order valence-electron chi connectivity index (χ2n) is 10.1. The Labute approximate surface area is 220 Å². The number of nitrogens with one attached hydrogen (secondary N) is 1. The first-order chi connectivity index (χ1) is 18.5. The molecule has 1 unspecified atom stereocenters. The van der Waals surface area contributed by atoms with Gasteiger partial charge in [-0.05, 0) is 59.5 Å². The van der Waals surface area contributed by atoms with Gasteiger partial charge < -0.3 is 19.7 Å². The molecule has 3 aliphatic rings. The normalized spacial score (nSPS) is 18.6. The molecule has 0 saturated heterocycles. The van der Waals surface area contributed by atoms with Gasteiger partial charge in [0.1, 0.15) is 23.5 Å². The maximum atomic E-state index is 14.4. The third kappa shape index (κ3) is 3.33. The standard InChI is InChI=1S/C32H26N2O4/c1-20-7-6-9-23(15-20)33-30(35)24-10-3-2-8-22(24)18-34-27-12-5-4-11-25(27)32(31(34)36)19-38-29-17-28-21(13-14-37-28)16-26(29)32/h2-12,15-17H,13-14,18-19H2,1H3,(H,33,35). The Morgan fingerprint density at radius 2 is 1.76 bits per heavy atom. The van der Waals surface area contributed by atoms with Crippen LogP contribution in [0.15, 0.2) is 84.9 Å². The summed E-state index contributed by atoms with van der Waals surface area (Å²) in [5, 5.41) is 3.01. The smallest absolute Gasteiger partial charge is 0.256 e. The molecule has 0 aliphatic carbocycles. The van der Waals surface area contributed by atoms with Gasteiger partial charge in [-0.25, -0.2) is 0 Å². The van der Waals surface area contributed by atoms with E-state index < -0.39 is 5.41 Å². The number of benzene rings is 4.